The van der Waals surface area contributed by atoms with Crippen LogP contribution < -0.4 is 0 Å². The van der Waals surface area contributed by atoms with Gasteiger partial charge < -0.3 is 5.48 Å². The van der Waals surface area contributed by atoms with Crippen LogP contribution in [0.25, 0.3) is 0 Å². The van der Waals surface area contributed by atoms with Gasteiger partial charge in [-0.15, -0.1) is 0 Å². The molecule has 0 aliphatic rings. The van der Waals surface area contributed by atoms with Crippen molar-refractivity contribution >= 4 is 19.8 Å². The molecular formula is C9H24OSn. The summed E-state index contributed by atoms with van der Waals surface area (Å²) in [4.78, 5) is 0. The zero-order valence-corrected chi connectivity index (χ0v) is 11.6. The summed E-state index contributed by atoms with van der Waals surface area (Å²) in [6, 6.07) is 0. The zero-order chi connectivity index (χ0) is 7.82. The van der Waals surface area contributed by atoms with E-state index in [0.29, 0.717) is 0 Å². The van der Waals surface area contributed by atoms with Gasteiger partial charge in [0.25, 0.3) is 0 Å². The molecule has 0 spiro atoms. The SMILES string of the molecule is CC[CH2][SnH]([CH2]CC)[CH2]CC.O. The molecule has 70 valence electrons. The number of hydrogen-bond acceptors (Lipinski definition) is 0. The first-order valence-corrected chi connectivity index (χ1v) is 11.8. The summed E-state index contributed by atoms with van der Waals surface area (Å²) >= 11 is -0.880. The molecule has 2 heteroatoms. The third-order valence-electron chi connectivity index (χ3n) is 2.09. The third-order valence-corrected chi connectivity index (χ3v) is 14.0. The molecule has 1 nitrogen and oxygen atoms in total. The molecule has 0 aromatic carbocycles. The summed E-state index contributed by atoms with van der Waals surface area (Å²) in [5.41, 5.74) is 0. The average Bonchev–Trinajstić information content (AvgIpc) is 1.90. The Morgan fingerprint density at radius 3 is 1.18 bits per heavy atom. The van der Waals surface area contributed by atoms with Crippen LogP contribution in [-0.4, -0.2) is 25.2 Å². The normalized spacial score (nSPS) is 9.82. The fourth-order valence-electron chi connectivity index (χ4n) is 1.66. The van der Waals surface area contributed by atoms with Gasteiger partial charge in [-0.05, 0) is 0 Å². The summed E-state index contributed by atoms with van der Waals surface area (Å²) in [6.07, 6.45) is 4.38. The Labute approximate surface area is 78.6 Å². The Balaban J connectivity index is 0. The minimum absolute atomic E-state index is 0. The van der Waals surface area contributed by atoms with Crippen LogP contribution in [0.5, 0.6) is 0 Å². The summed E-state index contributed by atoms with van der Waals surface area (Å²) in [6.45, 7) is 7.03. The third kappa shape index (κ3) is 8.67. The van der Waals surface area contributed by atoms with Gasteiger partial charge in [-0.1, -0.05) is 0 Å². The molecule has 0 saturated carbocycles. The molecule has 0 fully saturated rings. The molecule has 0 aliphatic carbocycles. The average molecular weight is 267 g/mol. The molecule has 0 unspecified atom stereocenters. The molecule has 0 aromatic rings. The first kappa shape index (κ1) is 14.3. The van der Waals surface area contributed by atoms with Crippen LogP contribution in [0.3, 0.4) is 0 Å². The fraction of sp³-hybridized carbons (Fsp3) is 1.00. The summed E-state index contributed by atoms with van der Waals surface area (Å²) < 4.78 is 4.97. The first-order chi connectivity index (χ1) is 4.85. The van der Waals surface area contributed by atoms with E-state index in [4.69, 9.17) is 0 Å². The summed E-state index contributed by atoms with van der Waals surface area (Å²) in [7, 11) is 0. The molecule has 0 aromatic heterocycles. The van der Waals surface area contributed by atoms with Crippen molar-refractivity contribution in [2.75, 3.05) is 0 Å². The van der Waals surface area contributed by atoms with Crippen molar-refractivity contribution in [3.05, 3.63) is 0 Å². The van der Waals surface area contributed by atoms with E-state index in [2.05, 4.69) is 20.8 Å². The van der Waals surface area contributed by atoms with E-state index in [1.54, 1.807) is 13.3 Å². The number of rotatable bonds is 6. The van der Waals surface area contributed by atoms with Crippen LogP contribution in [0, 0.1) is 0 Å². The first-order valence-electron chi connectivity index (χ1n) is 4.85. The van der Waals surface area contributed by atoms with Gasteiger partial charge in [-0.3, -0.25) is 0 Å². The Morgan fingerprint density at radius 2 is 1.00 bits per heavy atom. The van der Waals surface area contributed by atoms with Gasteiger partial charge in [-0.25, -0.2) is 0 Å². The molecule has 0 aliphatic heterocycles. The summed E-state index contributed by atoms with van der Waals surface area (Å²) in [5.74, 6) is 0. The van der Waals surface area contributed by atoms with Crippen molar-refractivity contribution in [1.29, 1.82) is 0 Å². The van der Waals surface area contributed by atoms with Crippen molar-refractivity contribution < 1.29 is 5.48 Å². The van der Waals surface area contributed by atoms with Gasteiger partial charge >= 0.3 is 73.1 Å². The van der Waals surface area contributed by atoms with Gasteiger partial charge in [0, 0.05) is 0 Å². The van der Waals surface area contributed by atoms with E-state index in [-0.39, 0.29) is 5.48 Å². The standard InChI is InChI=1S/3C3H7.H2O.Sn.H/c3*1-3-2;;;/h3*1,3H2,2H3;1H2;;. The molecule has 0 radical (unpaired) electrons. The molecule has 0 atom stereocenters. The van der Waals surface area contributed by atoms with Crippen molar-refractivity contribution in [1.82, 2.24) is 0 Å². The minimum Gasteiger partial charge on any atom is -0.412 e. The van der Waals surface area contributed by atoms with Crippen LogP contribution in [0.2, 0.25) is 13.3 Å². The Bertz CT molecular complexity index is 52.3. The Hall–Kier alpha value is 0.759. The van der Waals surface area contributed by atoms with Crippen LogP contribution in [0.1, 0.15) is 40.0 Å². The maximum absolute atomic E-state index is 2.34. The van der Waals surface area contributed by atoms with E-state index < -0.39 is 19.8 Å². The second-order valence-corrected chi connectivity index (χ2v) is 13.1. The molecule has 0 rings (SSSR count). The molecular weight excluding hydrogens is 243 g/mol. The maximum Gasteiger partial charge on any atom is -0.412 e. The monoisotopic (exact) mass is 268 g/mol. The molecule has 0 amide bonds. The van der Waals surface area contributed by atoms with E-state index in [9.17, 15) is 0 Å². The van der Waals surface area contributed by atoms with Crippen LogP contribution in [0.4, 0.5) is 0 Å². The topological polar surface area (TPSA) is 31.5 Å². The van der Waals surface area contributed by atoms with Crippen molar-refractivity contribution in [3.63, 3.8) is 0 Å². The molecule has 2 N–H and O–H groups in total. The fourth-order valence-corrected chi connectivity index (χ4v) is 11.1. The van der Waals surface area contributed by atoms with Gasteiger partial charge in [0.15, 0.2) is 0 Å². The molecule has 0 heterocycles. The Kier molecular flexibility index (Phi) is 14.0. The smallest absolute Gasteiger partial charge is 0.412 e. The van der Waals surface area contributed by atoms with E-state index in [1.807, 2.05) is 0 Å². The van der Waals surface area contributed by atoms with E-state index >= 15 is 0 Å². The zero-order valence-electron chi connectivity index (χ0n) is 8.32. The Morgan fingerprint density at radius 1 is 0.727 bits per heavy atom. The van der Waals surface area contributed by atoms with Gasteiger partial charge in [0.05, 0.1) is 0 Å². The predicted molar refractivity (Wildman–Crippen MR) is 56.1 cm³/mol. The quantitative estimate of drug-likeness (QED) is 0.662. The largest absolute Gasteiger partial charge is 0.412 e. The minimum atomic E-state index is -0.880. The maximum atomic E-state index is 2.34. The second-order valence-electron chi connectivity index (χ2n) is 3.23. The molecule has 11 heavy (non-hydrogen) atoms. The number of hydrogen-bond donors (Lipinski definition) is 0. The van der Waals surface area contributed by atoms with Gasteiger partial charge in [0.1, 0.15) is 0 Å². The molecule has 0 saturated heterocycles. The molecule has 0 bridgehead atoms. The van der Waals surface area contributed by atoms with Crippen molar-refractivity contribution in [2.45, 2.75) is 53.3 Å². The van der Waals surface area contributed by atoms with Crippen LogP contribution >= 0.6 is 0 Å². The van der Waals surface area contributed by atoms with Gasteiger partial charge in [-0.2, -0.15) is 0 Å². The van der Waals surface area contributed by atoms with Crippen LogP contribution in [-0.2, 0) is 0 Å². The van der Waals surface area contributed by atoms with E-state index in [1.165, 1.54) is 19.3 Å². The van der Waals surface area contributed by atoms with Gasteiger partial charge in [0.2, 0.25) is 0 Å². The van der Waals surface area contributed by atoms with Crippen molar-refractivity contribution in [3.8, 4) is 0 Å². The second kappa shape index (κ2) is 10.8. The van der Waals surface area contributed by atoms with E-state index in [0.717, 1.165) is 0 Å². The van der Waals surface area contributed by atoms with Crippen molar-refractivity contribution in [2.24, 2.45) is 0 Å². The summed E-state index contributed by atoms with van der Waals surface area (Å²) in [5, 5.41) is 0. The van der Waals surface area contributed by atoms with Crippen LogP contribution in [0.15, 0.2) is 0 Å². The predicted octanol–water partition coefficient (Wildman–Crippen LogP) is 2.62.